The molecule has 7 rings (SSSR count). The number of hydrogen-bond acceptors (Lipinski definition) is 14. The second-order valence-corrected chi connectivity index (χ2v) is 18.4. The average molecular weight is 909 g/mol. The molecular formula is C50H68O13S. The van der Waals surface area contributed by atoms with Gasteiger partial charge in [0.1, 0.15) is 17.6 Å². The summed E-state index contributed by atoms with van der Waals surface area (Å²) >= 11 is 4.48. The van der Waals surface area contributed by atoms with E-state index in [9.17, 15) is 20.1 Å². The Morgan fingerprint density at radius 1 is 0.609 bits per heavy atom. The van der Waals surface area contributed by atoms with Gasteiger partial charge in [0.2, 0.25) is 0 Å². The smallest absolute Gasteiger partial charge is 0.302 e. The zero-order chi connectivity index (χ0) is 45.2. The fourth-order valence-electron chi connectivity index (χ4n) is 9.36. The molecule has 14 heteroatoms. The first kappa shape index (κ1) is 48.6. The lowest BCUT2D eigenvalue weighted by Crippen LogP contribution is -2.45. The molecule has 0 bridgehead atoms. The molecule has 13 nitrogen and oxygen atoms in total. The summed E-state index contributed by atoms with van der Waals surface area (Å²) in [6, 6.07) is 21.6. The van der Waals surface area contributed by atoms with Gasteiger partial charge < -0.3 is 58.0 Å². The number of esters is 1. The minimum Gasteiger partial charge on any atom is -0.508 e. The molecule has 0 aliphatic carbocycles. The Morgan fingerprint density at radius 3 is 1.42 bits per heavy atom. The Bertz CT molecular complexity index is 1860. The summed E-state index contributed by atoms with van der Waals surface area (Å²) in [5, 5.41) is 30.6. The molecule has 3 aromatic carbocycles. The minimum absolute atomic E-state index is 0.0344. The third-order valence-electron chi connectivity index (χ3n) is 12.6. The van der Waals surface area contributed by atoms with Crippen LogP contribution in [0.5, 0.6) is 11.5 Å². The molecule has 0 spiro atoms. The summed E-state index contributed by atoms with van der Waals surface area (Å²) in [6.07, 6.45) is 3.40. The van der Waals surface area contributed by atoms with E-state index in [2.05, 4.69) is 26.5 Å². The topological polar surface area (TPSA) is 161 Å². The lowest BCUT2D eigenvalue weighted by atomic mass is 9.92. The van der Waals surface area contributed by atoms with Crippen LogP contribution < -0.4 is 0 Å². The number of benzene rings is 3. The Hall–Kier alpha value is -3.28. The van der Waals surface area contributed by atoms with Gasteiger partial charge in [0.15, 0.2) is 25.2 Å². The second kappa shape index (κ2) is 23.4. The molecule has 4 saturated heterocycles. The fraction of sp³-hybridized carbons (Fsp3) is 0.620. The number of carbonyl (C=O) groups is 1. The maximum Gasteiger partial charge on any atom is 0.302 e. The Balaban J connectivity index is 1.07. The molecule has 0 radical (unpaired) electrons. The van der Waals surface area contributed by atoms with Crippen LogP contribution in [0.3, 0.4) is 0 Å². The SMILES string of the molecule is CCCC1OC(CC2CC(CC)OC(c3ccc(O)cc3)O2)CC(CC2CC(CC3CC(CC(CC(O)CC)OC(C)=O)OC(c4ccc(S)cc4)O3)OC(c3ccc(O)cc3)O2)O1. The van der Waals surface area contributed by atoms with Crippen molar-refractivity contribution in [1.82, 2.24) is 0 Å². The van der Waals surface area contributed by atoms with Crippen LogP contribution in [0.4, 0.5) is 0 Å². The molecule has 3 N–H and O–H groups in total. The second-order valence-electron chi connectivity index (χ2n) is 17.9. The molecule has 352 valence electrons. The van der Waals surface area contributed by atoms with Gasteiger partial charge in [-0.3, -0.25) is 4.79 Å². The average Bonchev–Trinajstić information content (AvgIpc) is 3.26. The largest absolute Gasteiger partial charge is 0.508 e. The third kappa shape index (κ3) is 14.1. The standard InChI is InChI=1S/C50H68O13S/c1-5-8-47-56-39(25-41-22-37(7-3)58-48(59-41)31-9-15-35(53)16-10-31)24-40(57-47)26-43-28-45(62-49(61-43)32-11-17-36(54)18-12-32)29-44-27-42(23-38(55-30(4)51)21-34(52)6-2)60-50(63-44)33-13-19-46(64)20-14-33/h9-20,34,37-45,47-50,52-54,64H,5-8,21-29H2,1-4H3. The summed E-state index contributed by atoms with van der Waals surface area (Å²) < 4.78 is 58.6. The van der Waals surface area contributed by atoms with Crippen LogP contribution in [-0.4, -0.2) is 88.6 Å². The zero-order valence-corrected chi connectivity index (χ0v) is 38.5. The van der Waals surface area contributed by atoms with Crippen LogP contribution in [-0.2, 0) is 47.4 Å². The maximum atomic E-state index is 12.1. The molecule has 0 aromatic heterocycles. The number of carbonyl (C=O) groups excluding carboxylic acids is 1. The molecule has 4 aliphatic rings. The summed E-state index contributed by atoms with van der Waals surface area (Å²) in [5.41, 5.74) is 2.51. The number of thiol groups is 1. The summed E-state index contributed by atoms with van der Waals surface area (Å²) in [7, 11) is 0. The molecule has 4 aliphatic heterocycles. The van der Waals surface area contributed by atoms with Crippen LogP contribution in [0.1, 0.15) is 147 Å². The fourth-order valence-corrected chi connectivity index (χ4v) is 9.51. The van der Waals surface area contributed by atoms with E-state index in [0.29, 0.717) is 57.8 Å². The molecule has 4 heterocycles. The van der Waals surface area contributed by atoms with Crippen molar-refractivity contribution in [3.05, 3.63) is 89.5 Å². The highest BCUT2D eigenvalue weighted by molar-refractivity contribution is 7.80. The van der Waals surface area contributed by atoms with Crippen LogP contribution in [0.15, 0.2) is 77.7 Å². The van der Waals surface area contributed by atoms with E-state index in [1.807, 2.05) is 55.5 Å². The molecule has 14 unspecified atom stereocenters. The Kier molecular flexibility index (Phi) is 17.8. The van der Waals surface area contributed by atoms with Gasteiger partial charge >= 0.3 is 5.97 Å². The highest BCUT2D eigenvalue weighted by Crippen LogP contribution is 2.41. The number of ether oxygens (including phenoxy) is 9. The first-order valence-electron chi connectivity index (χ1n) is 23.4. The molecule has 4 fully saturated rings. The van der Waals surface area contributed by atoms with Crippen LogP contribution in [0, 0.1) is 0 Å². The zero-order valence-electron chi connectivity index (χ0n) is 37.6. The van der Waals surface area contributed by atoms with Crippen molar-refractivity contribution in [3.8, 4) is 11.5 Å². The number of rotatable bonds is 18. The lowest BCUT2D eigenvalue weighted by molar-refractivity contribution is -0.293. The Labute approximate surface area is 383 Å². The van der Waals surface area contributed by atoms with Crippen molar-refractivity contribution in [2.75, 3.05) is 0 Å². The third-order valence-corrected chi connectivity index (χ3v) is 12.9. The van der Waals surface area contributed by atoms with Crippen LogP contribution >= 0.6 is 12.6 Å². The van der Waals surface area contributed by atoms with E-state index in [0.717, 1.165) is 47.3 Å². The molecule has 14 atom stereocenters. The number of phenolic OH excluding ortho intramolecular Hbond substituents is 2. The Morgan fingerprint density at radius 2 is 1.00 bits per heavy atom. The molecule has 64 heavy (non-hydrogen) atoms. The van der Waals surface area contributed by atoms with Gasteiger partial charge in [-0.25, -0.2) is 0 Å². The van der Waals surface area contributed by atoms with Crippen molar-refractivity contribution >= 4 is 18.6 Å². The molecule has 3 aromatic rings. The molecular weight excluding hydrogens is 841 g/mol. The predicted octanol–water partition coefficient (Wildman–Crippen LogP) is 9.67. The van der Waals surface area contributed by atoms with Gasteiger partial charge in [-0.1, -0.05) is 63.6 Å². The van der Waals surface area contributed by atoms with Gasteiger partial charge in [-0.15, -0.1) is 12.6 Å². The molecule has 0 saturated carbocycles. The van der Waals surface area contributed by atoms with Crippen molar-refractivity contribution < 1.29 is 62.7 Å². The van der Waals surface area contributed by atoms with Gasteiger partial charge in [0, 0.05) is 86.3 Å². The number of aliphatic hydroxyl groups is 1. The number of aromatic hydroxyl groups is 2. The molecule has 0 amide bonds. The lowest BCUT2D eigenvalue weighted by Gasteiger charge is -2.43. The van der Waals surface area contributed by atoms with E-state index < -0.39 is 37.0 Å². The highest BCUT2D eigenvalue weighted by atomic mass is 32.1. The summed E-state index contributed by atoms with van der Waals surface area (Å²) in [6.45, 7) is 7.54. The van der Waals surface area contributed by atoms with Gasteiger partial charge in [0.05, 0.1) is 54.9 Å². The maximum absolute atomic E-state index is 12.1. The quantitative estimate of drug-likeness (QED) is 0.0706. The van der Waals surface area contributed by atoms with Gasteiger partial charge in [-0.2, -0.15) is 0 Å². The number of phenols is 2. The summed E-state index contributed by atoms with van der Waals surface area (Å²) in [4.78, 5) is 13.0. The van der Waals surface area contributed by atoms with E-state index in [-0.39, 0.29) is 66.6 Å². The van der Waals surface area contributed by atoms with E-state index in [1.54, 1.807) is 24.3 Å². The normalized spacial score (nSPS) is 32.1. The van der Waals surface area contributed by atoms with E-state index in [1.165, 1.54) is 6.92 Å². The predicted molar refractivity (Wildman–Crippen MR) is 240 cm³/mol. The number of aliphatic hydroxyl groups excluding tert-OH is 1. The first-order chi connectivity index (χ1) is 30.9. The highest BCUT2D eigenvalue weighted by Gasteiger charge is 2.41. The van der Waals surface area contributed by atoms with E-state index >= 15 is 0 Å². The van der Waals surface area contributed by atoms with Crippen molar-refractivity contribution in [2.24, 2.45) is 0 Å². The summed E-state index contributed by atoms with van der Waals surface area (Å²) in [5.74, 6) is -0.0504. The van der Waals surface area contributed by atoms with Crippen molar-refractivity contribution in [2.45, 2.75) is 202 Å². The van der Waals surface area contributed by atoms with Gasteiger partial charge in [0.25, 0.3) is 0 Å². The minimum atomic E-state index is -0.692. The van der Waals surface area contributed by atoms with Crippen LogP contribution in [0.2, 0.25) is 0 Å². The van der Waals surface area contributed by atoms with E-state index in [4.69, 9.17) is 42.6 Å². The van der Waals surface area contributed by atoms with Gasteiger partial charge in [-0.05, 0) is 55.7 Å². The first-order valence-corrected chi connectivity index (χ1v) is 23.8. The van der Waals surface area contributed by atoms with Crippen molar-refractivity contribution in [3.63, 3.8) is 0 Å². The van der Waals surface area contributed by atoms with Crippen molar-refractivity contribution in [1.29, 1.82) is 0 Å². The van der Waals surface area contributed by atoms with Crippen LogP contribution in [0.25, 0.3) is 0 Å². The monoisotopic (exact) mass is 908 g/mol. The number of hydrogen-bond donors (Lipinski definition) is 4.